The normalized spacial score (nSPS) is 35.1. The Morgan fingerprint density at radius 2 is 1.08 bits per heavy atom. The van der Waals surface area contributed by atoms with E-state index in [1.807, 2.05) is 0 Å². The van der Waals surface area contributed by atoms with Gasteiger partial charge in [0.1, 0.15) is 103 Å². The molecule has 4 saturated heterocycles. The lowest BCUT2D eigenvalue weighted by Crippen LogP contribution is -2.71. The molecule has 4 fully saturated rings. The molecule has 0 aromatic heterocycles. The molecule has 0 radical (unpaired) electrons. The summed E-state index contributed by atoms with van der Waals surface area (Å²) in [6.07, 6.45) is -17.7. The Morgan fingerprint density at radius 1 is 0.595 bits per heavy atom. The van der Waals surface area contributed by atoms with Crippen molar-refractivity contribution in [1.29, 1.82) is 0 Å². The van der Waals surface area contributed by atoms with E-state index in [0.29, 0.717) is 18.8 Å². The number of aliphatic hydroxyl groups is 9. The number of allylic oxidation sites excluding steroid dienone is 2. The van der Waals surface area contributed by atoms with Crippen molar-refractivity contribution in [1.82, 2.24) is 21.3 Å². The summed E-state index contributed by atoms with van der Waals surface area (Å²) in [5.74, 6) is -2.79. The van der Waals surface area contributed by atoms with E-state index >= 15 is 0 Å². The quantitative estimate of drug-likeness (QED) is 0.0279. The summed E-state index contributed by atoms with van der Waals surface area (Å²) < 4.78 is 80.8. The molecule has 450 valence electrons. The minimum absolute atomic E-state index is 0.0632. The smallest absolute Gasteiger partial charge is 0.399 e. The number of rotatable bonds is 28. The number of carbonyl (C=O) groups excluding carboxylic acids is 4. The average molecular weight is 1160 g/mol. The third-order valence-corrected chi connectivity index (χ3v) is 14.2. The Balaban J connectivity index is 1.35. The molecule has 0 bridgehead atoms. The second-order valence-electron chi connectivity index (χ2n) is 19.4. The van der Waals surface area contributed by atoms with Crippen molar-refractivity contribution in [2.45, 2.75) is 195 Å². The predicted octanol–water partition coefficient (Wildman–Crippen LogP) is -4.28. The van der Waals surface area contributed by atoms with Crippen molar-refractivity contribution in [2.24, 2.45) is 0 Å². The molecule has 0 spiro atoms. The van der Waals surface area contributed by atoms with Crippen LogP contribution in [-0.2, 0) is 66.3 Å². The monoisotopic (exact) mass is 1150 g/mol. The van der Waals surface area contributed by atoms with Crippen LogP contribution in [0.5, 0.6) is 5.75 Å². The van der Waals surface area contributed by atoms with Crippen LogP contribution in [0.25, 0.3) is 0 Å². The van der Waals surface area contributed by atoms with E-state index in [0.717, 1.165) is 47.1 Å². The standard InChI is InChI=1S/C49H78N4O25S/c1-6-7-8-9-10-11-12-13-14-18-70-28-17-15-16-27(19-28)45(65)53-34-38(61)37(60)29(20-54)73-47(34)76-42-30(21-55)74-48(35(40(42)63)51-25(3)58)77-43-31(22-56)75-49(36(41(43)64)52-26(4)59)78-44-32(23-71-79(67,68)69-5)72-46(66)33(39(44)62)50-24(2)57/h11-12,15-17,19,29-44,46-49,54-56,60-64,66H,6-10,13-14,18,20-23H2,1-5H3,(H,50,57)(H,51,58)(H,52,59)(H,53,65)/b12-11-. The zero-order valence-electron chi connectivity index (χ0n) is 44.5. The van der Waals surface area contributed by atoms with Gasteiger partial charge in [-0.25, -0.2) is 4.18 Å². The molecule has 20 unspecified atom stereocenters. The van der Waals surface area contributed by atoms with E-state index in [2.05, 4.69) is 44.5 Å². The van der Waals surface area contributed by atoms with Crippen LogP contribution in [0.4, 0.5) is 0 Å². The van der Waals surface area contributed by atoms with Gasteiger partial charge in [-0.3, -0.25) is 23.4 Å². The lowest BCUT2D eigenvalue weighted by Gasteiger charge is -2.51. The Labute approximate surface area is 457 Å². The fraction of sp³-hybridized carbons (Fsp3) is 0.755. The number of ether oxygens (including phenoxy) is 8. The van der Waals surface area contributed by atoms with Crippen LogP contribution in [0.3, 0.4) is 0 Å². The van der Waals surface area contributed by atoms with Gasteiger partial charge in [-0.15, -0.1) is 0 Å². The van der Waals surface area contributed by atoms with Crippen molar-refractivity contribution >= 4 is 34.0 Å². The fourth-order valence-corrected chi connectivity index (χ4v) is 9.80. The van der Waals surface area contributed by atoms with Crippen molar-refractivity contribution in [3.05, 3.63) is 42.0 Å². The summed E-state index contributed by atoms with van der Waals surface area (Å²) in [5, 5.41) is 110. The summed E-state index contributed by atoms with van der Waals surface area (Å²) in [7, 11) is -3.88. The van der Waals surface area contributed by atoms with Gasteiger partial charge in [-0.2, -0.15) is 8.42 Å². The Hall–Kier alpha value is -4.13. The highest BCUT2D eigenvalue weighted by Gasteiger charge is 2.56. The molecule has 20 atom stereocenters. The van der Waals surface area contributed by atoms with Crippen molar-refractivity contribution in [2.75, 3.05) is 40.1 Å². The SMILES string of the molecule is CCCCCC/C=C\CCCOc1cccc(C(=O)NC2C(OC3C(CO)OC(OC4C(CO)OC(OC5C(COS(=O)(=O)OC)OC(O)C(NC(C)=O)C5O)C(NC(C)=O)C4O)C(NC(C)=O)C3O)OC(CO)C(O)C2O)c1. The molecule has 0 saturated carbocycles. The maximum atomic E-state index is 13.8. The van der Waals surface area contributed by atoms with E-state index in [1.165, 1.54) is 31.4 Å². The third-order valence-electron chi connectivity index (χ3n) is 13.4. The number of nitrogens with one attached hydrogen (secondary N) is 4. The summed E-state index contributed by atoms with van der Waals surface area (Å²) in [5.41, 5.74) is 0.0632. The molecule has 4 aliphatic heterocycles. The van der Waals surface area contributed by atoms with E-state index < -0.39 is 183 Å². The van der Waals surface area contributed by atoms with E-state index in [1.54, 1.807) is 12.1 Å². The minimum Gasteiger partial charge on any atom is -0.494 e. The lowest BCUT2D eigenvalue weighted by molar-refractivity contribution is -0.361. The molecule has 0 aliphatic carbocycles. The fourth-order valence-electron chi connectivity index (χ4n) is 9.40. The first-order chi connectivity index (χ1) is 37.6. The van der Waals surface area contributed by atoms with Gasteiger partial charge in [0.15, 0.2) is 25.2 Å². The predicted molar refractivity (Wildman–Crippen MR) is 268 cm³/mol. The van der Waals surface area contributed by atoms with Crippen LogP contribution in [-0.4, -0.2) is 241 Å². The number of unbranched alkanes of at least 4 members (excludes halogenated alkanes) is 5. The molecule has 1 aromatic rings. The van der Waals surface area contributed by atoms with Gasteiger partial charge >= 0.3 is 10.4 Å². The zero-order valence-corrected chi connectivity index (χ0v) is 45.3. The van der Waals surface area contributed by atoms with Gasteiger partial charge in [0.25, 0.3) is 5.91 Å². The Kier molecular flexibility index (Phi) is 26.1. The number of hydrogen-bond acceptors (Lipinski definition) is 25. The highest BCUT2D eigenvalue weighted by molar-refractivity contribution is 7.81. The zero-order chi connectivity index (χ0) is 58.1. The van der Waals surface area contributed by atoms with E-state index in [-0.39, 0.29) is 5.56 Å². The van der Waals surface area contributed by atoms with Gasteiger partial charge in [-0.1, -0.05) is 44.4 Å². The van der Waals surface area contributed by atoms with Crippen molar-refractivity contribution in [3.63, 3.8) is 0 Å². The van der Waals surface area contributed by atoms with Crippen LogP contribution in [0.1, 0.15) is 83.0 Å². The second-order valence-corrected chi connectivity index (χ2v) is 20.8. The number of hydrogen-bond donors (Lipinski definition) is 13. The maximum absolute atomic E-state index is 13.8. The average Bonchev–Trinajstić information content (AvgIpc) is 3.41. The van der Waals surface area contributed by atoms with Gasteiger partial charge in [0.05, 0.1) is 40.1 Å². The summed E-state index contributed by atoms with van der Waals surface area (Å²) in [6, 6.07) is -0.582. The molecule has 4 amide bonds. The molecule has 13 N–H and O–H groups in total. The van der Waals surface area contributed by atoms with Crippen LogP contribution >= 0.6 is 0 Å². The van der Waals surface area contributed by atoms with Gasteiger partial charge < -0.3 is 105 Å². The highest BCUT2D eigenvalue weighted by Crippen LogP contribution is 2.35. The largest absolute Gasteiger partial charge is 0.494 e. The van der Waals surface area contributed by atoms with E-state index in [9.17, 15) is 73.6 Å². The first-order valence-electron chi connectivity index (χ1n) is 26.0. The lowest BCUT2D eigenvalue weighted by atomic mass is 9.93. The second kappa shape index (κ2) is 31.3. The maximum Gasteiger partial charge on any atom is 0.399 e. The number of carbonyl (C=O) groups is 4. The van der Waals surface area contributed by atoms with Crippen LogP contribution in [0.15, 0.2) is 36.4 Å². The molecule has 5 rings (SSSR count). The molecule has 4 heterocycles. The van der Waals surface area contributed by atoms with Gasteiger partial charge in [-0.05, 0) is 43.9 Å². The highest BCUT2D eigenvalue weighted by atomic mass is 32.3. The molecule has 1 aromatic carbocycles. The van der Waals surface area contributed by atoms with Gasteiger partial charge in [0.2, 0.25) is 17.7 Å². The third kappa shape index (κ3) is 18.2. The molecular weight excluding hydrogens is 1080 g/mol. The number of amides is 4. The van der Waals surface area contributed by atoms with Crippen LogP contribution in [0.2, 0.25) is 0 Å². The number of benzene rings is 1. The summed E-state index contributed by atoms with van der Waals surface area (Å²) in [4.78, 5) is 51.3. The Bertz CT molecular complexity index is 2240. The van der Waals surface area contributed by atoms with E-state index in [4.69, 9.17) is 42.1 Å². The molecular formula is C49H78N4O25S. The Morgan fingerprint density at radius 3 is 1.58 bits per heavy atom. The molecule has 30 heteroatoms. The topological polar surface area (TPSA) is 425 Å². The van der Waals surface area contributed by atoms with Crippen LogP contribution < -0.4 is 26.0 Å². The first-order valence-corrected chi connectivity index (χ1v) is 27.4. The molecule has 79 heavy (non-hydrogen) atoms. The minimum atomic E-state index is -4.66. The van der Waals surface area contributed by atoms with Crippen molar-refractivity contribution in [3.8, 4) is 5.75 Å². The van der Waals surface area contributed by atoms with Crippen LogP contribution in [0, 0.1) is 0 Å². The molecule has 4 aliphatic rings. The molecule has 29 nitrogen and oxygen atoms in total. The van der Waals surface area contributed by atoms with Gasteiger partial charge in [0, 0.05) is 26.3 Å². The summed E-state index contributed by atoms with van der Waals surface area (Å²) in [6.45, 7) is 1.81. The summed E-state index contributed by atoms with van der Waals surface area (Å²) >= 11 is 0. The first kappa shape index (κ1) is 65.7. The number of aliphatic hydroxyl groups excluding tert-OH is 9. The van der Waals surface area contributed by atoms with Crippen molar-refractivity contribution < 1.29 is 120 Å².